The van der Waals surface area contributed by atoms with Crippen LogP contribution in [0.15, 0.2) is 54.7 Å². The molecule has 0 unspecified atom stereocenters. The summed E-state index contributed by atoms with van der Waals surface area (Å²) in [6.45, 7) is 1.94. The fourth-order valence-corrected chi connectivity index (χ4v) is 4.23. The van der Waals surface area contributed by atoms with E-state index in [2.05, 4.69) is 35.6 Å². The number of nitrogen functional groups attached to an aromatic ring is 1. The van der Waals surface area contributed by atoms with E-state index in [9.17, 15) is 4.79 Å². The smallest absolute Gasteiger partial charge is 0.258 e. The number of benzene rings is 1. The van der Waals surface area contributed by atoms with E-state index in [1.807, 2.05) is 25.1 Å². The molecule has 0 saturated heterocycles. The third-order valence-electron chi connectivity index (χ3n) is 4.85. The number of rotatable bonds is 4. The summed E-state index contributed by atoms with van der Waals surface area (Å²) in [4.78, 5) is 33.9. The van der Waals surface area contributed by atoms with Crippen molar-refractivity contribution in [3.63, 3.8) is 0 Å². The molecule has 31 heavy (non-hydrogen) atoms. The third-order valence-corrected chi connectivity index (χ3v) is 5.84. The van der Waals surface area contributed by atoms with Crippen LogP contribution >= 0.6 is 11.3 Å². The predicted molar refractivity (Wildman–Crippen MR) is 122 cm³/mol. The van der Waals surface area contributed by atoms with Crippen LogP contribution in [-0.2, 0) is 0 Å². The molecule has 5 aromatic rings. The Labute approximate surface area is 180 Å². The van der Waals surface area contributed by atoms with Gasteiger partial charge >= 0.3 is 0 Å². The van der Waals surface area contributed by atoms with Gasteiger partial charge in [0.15, 0.2) is 0 Å². The zero-order valence-corrected chi connectivity index (χ0v) is 17.1. The molecule has 4 aromatic heterocycles. The first-order valence-corrected chi connectivity index (χ1v) is 10.2. The maximum absolute atomic E-state index is 13.1. The minimum absolute atomic E-state index is 0.262. The Bertz CT molecular complexity index is 1430. The number of hydrogen-bond acceptors (Lipinski definition) is 9. The Morgan fingerprint density at radius 1 is 1.00 bits per heavy atom. The lowest BCUT2D eigenvalue weighted by Crippen LogP contribution is -2.13. The summed E-state index contributed by atoms with van der Waals surface area (Å²) in [7, 11) is 0. The van der Waals surface area contributed by atoms with E-state index in [0.29, 0.717) is 38.9 Å². The van der Waals surface area contributed by atoms with Crippen LogP contribution in [0.1, 0.15) is 15.9 Å². The van der Waals surface area contributed by atoms with Crippen LogP contribution in [0.5, 0.6) is 0 Å². The Kier molecular flexibility index (Phi) is 4.60. The lowest BCUT2D eigenvalue weighted by atomic mass is 10.1. The number of carbonyl (C=O) groups is 1. The average molecular weight is 428 g/mol. The molecule has 152 valence electrons. The minimum atomic E-state index is -0.262. The number of aromatic nitrogens is 5. The molecule has 0 bridgehead atoms. The van der Waals surface area contributed by atoms with Gasteiger partial charge in [0.2, 0.25) is 0 Å². The Morgan fingerprint density at radius 2 is 1.90 bits per heavy atom. The topological polar surface area (TPSA) is 132 Å². The van der Waals surface area contributed by atoms with Crippen LogP contribution in [0, 0.1) is 6.92 Å². The van der Waals surface area contributed by atoms with Crippen LogP contribution in [0.3, 0.4) is 0 Å². The molecule has 0 saturated carbocycles. The van der Waals surface area contributed by atoms with Gasteiger partial charge in [-0.2, -0.15) is 0 Å². The Morgan fingerprint density at radius 3 is 2.74 bits per heavy atom. The van der Waals surface area contributed by atoms with E-state index in [0.717, 1.165) is 16.3 Å². The predicted octanol–water partition coefficient (Wildman–Crippen LogP) is 3.92. The van der Waals surface area contributed by atoms with Crippen LogP contribution in [0.4, 0.5) is 23.1 Å². The molecule has 0 atom stereocenters. The average Bonchev–Trinajstić information content (AvgIpc) is 3.22. The molecule has 4 heterocycles. The third kappa shape index (κ3) is 3.38. The van der Waals surface area contributed by atoms with E-state index >= 15 is 0 Å². The minimum Gasteiger partial charge on any atom is -0.382 e. The summed E-state index contributed by atoms with van der Waals surface area (Å²) < 4.78 is 0.697. The summed E-state index contributed by atoms with van der Waals surface area (Å²) in [5.74, 6) is 1.36. The second kappa shape index (κ2) is 7.58. The highest BCUT2D eigenvalue weighted by Gasteiger charge is 2.18. The number of fused-ring (bicyclic) bond motifs is 2. The van der Waals surface area contributed by atoms with Gasteiger partial charge in [-0.25, -0.2) is 24.9 Å². The van der Waals surface area contributed by atoms with E-state index < -0.39 is 0 Å². The van der Waals surface area contributed by atoms with Crippen LogP contribution in [0.2, 0.25) is 0 Å². The van der Waals surface area contributed by atoms with E-state index in [1.165, 1.54) is 24.0 Å². The summed E-state index contributed by atoms with van der Waals surface area (Å²) in [6.07, 6.45) is 6.17. The van der Waals surface area contributed by atoms with Gasteiger partial charge in [-0.15, -0.1) is 11.3 Å². The van der Waals surface area contributed by atoms with Gasteiger partial charge in [0.25, 0.3) is 5.91 Å². The second-order valence-electron chi connectivity index (χ2n) is 6.77. The molecule has 1 amide bonds. The fourth-order valence-electron chi connectivity index (χ4n) is 3.33. The highest BCUT2D eigenvalue weighted by atomic mass is 32.1. The van der Waals surface area contributed by atoms with Gasteiger partial charge in [0.05, 0.1) is 21.5 Å². The van der Waals surface area contributed by atoms with Crippen molar-refractivity contribution >= 4 is 61.4 Å². The zero-order chi connectivity index (χ0) is 21.4. The summed E-state index contributed by atoms with van der Waals surface area (Å²) in [6, 6.07) is 7.53. The lowest BCUT2D eigenvalue weighted by molar-refractivity contribution is 0.102. The van der Waals surface area contributed by atoms with Gasteiger partial charge in [-0.3, -0.25) is 4.79 Å². The number of hydrogen-bond donors (Lipinski definition) is 3. The van der Waals surface area contributed by atoms with E-state index in [-0.39, 0.29) is 5.91 Å². The number of nitrogens with one attached hydrogen (secondary N) is 2. The number of nitrogens with zero attached hydrogens (tertiary/aromatic N) is 5. The molecular weight excluding hydrogens is 412 g/mol. The Balaban J connectivity index is 1.55. The highest BCUT2D eigenvalue weighted by Crippen LogP contribution is 2.33. The summed E-state index contributed by atoms with van der Waals surface area (Å²) in [5, 5.41) is 9.70. The van der Waals surface area contributed by atoms with Gasteiger partial charge in [-0.05, 0) is 24.6 Å². The molecule has 0 radical (unpaired) electrons. The standard InChI is InChI=1S/C21H16N8OS/c1-11-2-3-13-12(4-7-24-20(13)28-15-5-6-23-9-25-15)16(11)29-21(30)14-8-31-18-17(14)26-10-27-19(18)22/h2-10H,1H3,(H,29,30)(H2,22,26,27)(H,23,24,25,28). The van der Waals surface area contributed by atoms with Gasteiger partial charge < -0.3 is 16.4 Å². The van der Waals surface area contributed by atoms with Gasteiger partial charge in [0, 0.05) is 28.5 Å². The molecule has 4 N–H and O–H groups in total. The van der Waals surface area contributed by atoms with Crippen LogP contribution in [0.25, 0.3) is 21.0 Å². The molecule has 1 aromatic carbocycles. The molecule has 9 nitrogen and oxygen atoms in total. The quantitative estimate of drug-likeness (QED) is 0.392. The normalized spacial score (nSPS) is 11.0. The van der Waals surface area contributed by atoms with Gasteiger partial charge in [-0.1, -0.05) is 12.1 Å². The van der Waals surface area contributed by atoms with Crippen molar-refractivity contribution < 1.29 is 4.79 Å². The van der Waals surface area contributed by atoms with E-state index in [1.54, 1.807) is 23.8 Å². The number of thiophene rings is 1. The van der Waals surface area contributed by atoms with Crippen molar-refractivity contribution in [2.75, 3.05) is 16.4 Å². The molecule has 10 heteroatoms. The molecule has 0 aliphatic carbocycles. The zero-order valence-electron chi connectivity index (χ0n) is 16.3. The van der Waals surface area contributed by atoms with Crippen molar-refractivity contribution in [1.82, 2.24) is 24.9 Å². The maximum Gasteiger partial charge on any atom is 0.258 e. The largest absolute Gasteiger partial charge is 0.382 e. The molecular formula is C21H16N8OS. The second-order valence-corrected chi connectivity index (χ2v) is 7.65. The van der Waals surface area contributed by atoms with Crippen LogP contribution < -0.4 is 16.4 Å². The molecule has 0 fully saturated rings. The fraction of sp³-hybridized carbons (Fsp3) is 0.0476. The molecule has 0 spiro atoms. The van der Waals surface area contributed by atoms with Crippen molar-refractivity contribution in [3.8, 4) is 0 Å². The first-order chi connectivity index (χ1) is 15.1. The number of nitrogens with two attached hydrogens (primary N) is 1. The number of pyridine rings is 1. The monoisotopic (exact) mass is 428 g/mol. The van der Waals surface area contributed by atoms with Crippen molar-refractivity contribution in [3.05, 3.63) is 65.8 Å². The van der Waals surface area contributed by atoms with Crippen LogP contribution in [-0.4, -0.2) is 30.8 Å². The lowest BCUT2D eigenvalue weighted by Gasteiger charge is -2.14. The number of aryl methyl sites for hydroxylation is 1. The number of carbonyl (C=O) groups excluding carboxylic acids is 1. The van der Waals surface area contributed by atoms with E-state index in [4.69, 9.17) is 5.73 Å². The van der Waals surface area contributed by atoms with Gasteiger partial charge in [0.1, 0.15) is 30.1 Å². The number of amides is 1. The SMILES string of the molecule is Cc1ccc2c(Nc3ccncn3)nccc2c1NC(=O)c1csc2c(N)ncnc12. The first kappa shape index (κ1) is 18.8. The summed E-state index contributed by atoms with van der Waals surface area (Å²) in [5.41, 5.74) is 8.54. The Hall–Kier alpha value is -4.18. The maximum atomic E-state index is 13.1. The number of anilines is 4. The molecule has 0 aliphatic heterocycles. The summed E-state index contributed by atoms with van der Waals surface area (Å²) >= 11 is 1.35. The highest BCUT2D eigenvalue weighted by molar-refractivity contribution is 7.18. The van der Waals surface area contributed by atoms with Crippen molar-refractivity contribution in [2.45, 2.75) is 6.92 Å². The first-order valence-electron chi connectivity index (χ1n) is 9.32. The molecule has 5 rings (SSSR count). The molecule has 0 aliphatic rings. The van der Waals surface area contributed by atoms with Crippen molar-refractivity contribution in [1.29, 1.82) is 0 Å². The van der Waals surface area contributed by atoms with Crippen molar-refractivity contribution in [2.24, 2.45) is 0 Å².